The molecule has 2 aliphatic heterocycles. The quantitative estimate of drug-likeness (QED) is 0.882. The molecule has 0 aromatic heterocycles. The number of piperidine rings is 2. The van der Waals surface area contributed by atoms with Gasteiger partial charge in [0.15, 0.2) is 0 Å². The van der Waals surface area contributed by atoms with Gasteiger partial charge < -0.3 is 20.3 Å². The van der Waals surface area contributed by atoms with Gasteiger partial charge >= 0.3 is 0 Å². The van der Waals surface area contributed by atoms with E-state index in [0.29, 0.717) is 23.3 Å². The average molecular weight is 343 g/mol. The van der Waals surface area contributed by atoms with Gasteiger partial charge in [-0.15, -0.1) is 0 Å². The molecule has 25 heavy (non-hydrogen) atoms. The lowest BCUT2D eigenvalue weighted by molar-refractivity contribution is -0.134. The van der Waals surface area contributed by atoms with Crippen molar-refractivity contribution in [1.82, 2.24) is 10.2 Å². The predicted molar refractivity (Wildman–Crippen MR) is 98.9 cm³/mol. The largest absolute Gasteiger partial charge is 0.497 e. The number of methoxy groups -OCH3 is 1. The number of carbonyl (C=O) groups is 1. The zero-order valence-corrected chi connectivity index (χ0v) is 15.1. The Labute approximate surface area is 150 Å². The lowest BCUT2D eigenvalue weighted by Crippen LogP contribution is -2.44. The Hall–Kier alpha value is -1.75. The van der Waals surface area contributed by atoms with E-state index in [0.717, 1.165) is 56.9 Å². The third-order valence-corrected chi connectivity index (χ3v) is 6.33. The van der Waals surface area contributed by atoms with Crippen molar-refractivity contribution in [3.8, 4) is 5.75 Å². The predicted octanol–water partition coefficient (Wildman–Crippen LogP) is 2.49. The van der Waals surface area contributed by atoms with E-state index >= 15 is 0 Å². The first-order valence-electron chi connectivity index (χ1n) is 9.60. The van der Waals surface area contributed by atoms with Crippen molar-refractivity contribution < 1.29 is 9.53 Å². The summed E-state index contributed by atoms with van der Waals surface area (Å²) in [5.74, 6) is 1.60. The van der Waals surface area contributed by atoms with Gasteiger partial charge in [0, 0.05) is 36.8 Å². The second kappa shape index (κ2) is 6.87. The number of nitrogens with one attached hydrogen (secondary N) is 2. The maximum atomic E-state index is 12.9. The van der Waals surface area contributed by atoms with Gasteiger partial charge in [0.2, 0.25) is 5.91 Å². The smallest absolute Gasteiger partial charge is 0.226 e. The molecule has 2 saturated heterocycles. The molecule has 1 unspecified atom stereocenters. The van der Waals surface area contributed by atoms with Crippen molar-refractivity contribution >= 4 is 11.6 Å². The van der Waals surface area contributed by atoms with Gasteiger partial charge in [0.25, 0.3) is 0 Å². The Kier molecular flexibility index (Phi) is 4.59. The summed E-state index contributed by atoms with van der Waals surface area (Å²) in [6.07, 6.45) is 5.51. The lowest BCUT2D eigenvalue weighted by Gasteiger charge is -2.34. The van der Waals surface area contributed by atoms with Gasteiger partial charge in [0.05, 0.1) is 7.11 Å². The van der Waals surface area contributed by atoms with Crippen LogP contribution in [0.4, 0.5) is 5.69 Å². The first-order chi connectivity index (χ1) is 12.2. The number of hydrogen-bond donors (Lipinski definition) is 2. The Morgan fingerprint density at radius 1 is 1.28 bits per heavy atom. The van der Waals surface area contributed by atoms with Crippen LogP contribution in [0, 0.1) is 11.3 Å². The summed E-state index contributed by atoms with van der Waals surface area (Å²) >= 11 is 0. The van der Waals surface area contributed by atoms with Crippen LogP contribution in [-0.2, 0) is 4.79 Å². The Bertz CT molecular complexity index is 619. The number of likely N-dealkylation sites (tertiary alicyclic amines) is 1. The Morgan fingerprint density at radius 3 is 2.76 bits per heavy atom. The number of rotatable bonds is 4. The fourth-order valence-corrected chi connectivity index (χ4v) is 4.59. The minimum atomic E-state index is 0.303. The van der Waals surface area contributed by atoms with Crippen LogP contribution in [0.1, 0.15) is 32.1 Å². The summed E-state index contributed by atoms with van der Waals surface area (Å²) in [6, 6.07) is 8.50. The molecular weight excluding hydrogens is 314 g/mol. The van der Waals surface area contributed by atoms with Gasteiger partial charge in [-0.05, 0) is 62.7 Å². The van der Waals surface area contributed by atoms with E-state index in [-0.39, 0.29) is 0 Å². The van der Waals surface area contributed by atoms with Gasteiger partial charge in [-0.3, -0.25) is 4.79 Å². The molecule has 4 rings (SSSR count). The molecule has 5 heteroatoms. The Morgan fingerprint density at radius 2 is 2.04 bits per heavy atom. The SMILES string of the molecule is COc1cccc(NC2CCN(C(=O)C3CC34CCNCC4)CC2)c1. The van der Waals surface area contributed by atoms with Crippen molar-refractivity contribution in [2.45, 2.75) is 38.1 Å². The molecule has 3 fully saturated rings. The number of hydrogen-bond acceptors (Lipinski definition) is 4. The van der Waals surface area contributed by atoms with Crippen molar-refractivity contribution in [2.75, 3.05) is 38.6 Å². The molecule has 2 heterocycles. The molecule has 1 amide bonds. The van der Waals surface area contributed by atoms with Crippen LogP contribution in [0.25, 0.3) is 0 Å². The summed E-state index contributed by atoms with van der Waals surface area (Å²) in [6.45, 7) is 3.92. The lowest BCUT2D eigenvalue weighted by atomic mass is 9.91. The van der Waals surface area contributed by atoms with Crippen molar-refractivity contribution in [3.05, 3.63) is 24.3 Å². The summed E-state index contributed by atoms with van der Waals surface area (Å²) in [5, 5.41) is 7.00. The molecule has 1 spiro atoms. The highest BCUT2D eigenvalue weighted by molar-refractivity contribution is 5.83. The number of amides is 1. The van der Waals surface area contributed by atoms with Gasteiger partial charge in [-0.2, -0.15) is 0 Å². The van der Waals surface area contributed by atoms with Crippen molar-refractivity contribution in [3.63, 3.8) is 0 Å². The van der Waals surface area contributed by atoms with Crippen LogP contribution >= 0.6 is 0 Å². The zero-order valence-electron chi connectivity index (χ0n) is 15.1. The first kappa shape index (κ1) is 16.7. The van der Waals surface area contributed by atoms with Crippen LogP contribution in [0.2, 0.25) is 0 Å². The standard InChI is InChI=1S/C20H29N3O2/c1-25-17-4-2-3-16(13-17)22-15-5-11-23(12-6-15)19(24)18-14-20(18)7-9-21-10-8-20/h2-4,13,15,18,21-22H,5-12,14H2,1H3. The van der Waals surface area contributed by atoms with Crippen LogP contribution in [-0.4, -0.2) is 50.1 Å². The molecule has 5 nitrogen and oxygen atoms in total. The molecule has 0 bridgehead atoms. The normalized spacial score (nSPS) is 25.6. The van der Waals surface area contributed by atoms with Gasteiger partial charge in [-0.1, -0.05) is 6.07 Å². The molecular formula is C20H29N3O2. The average Bonchev–Trinajstić information content (AvgIpc) is 3.35. The first-order valence-corrected chi connectivity index (χ1v) is 9.60. The highest BCUT2D eigenvalue weighted by Crippen LogP contribution is 2.59. The molecule has 1 aromatic rings. The third-order valence-electron chi connectivity index (χ3n) is 6.33. The van der Waals surface area contributed by atoms with E-state index in [1.165, 1.54) is 12.8 Å². The summed E-state index contributed by atoms with van der Waals surface area (Å²) < 4.78 is 5.28. The van der Waals surface area contributed by atoms with E-state index in [4.69, 9.17) is 4.74 Å². The van der Waals surface area contributed by atoms with Gasteiger partial charge in [0.1, 0.15) is 5.75 Å². The monoisotopic (exact) mass is 343 g/mol. The third kappa shape index (κ3) is 3.47. The van der Waals surface area contributed by atoms with E-state index in [9.17, 15) is 4.79 Å². The minimum Gasteiger partial charge on any atom is -0.497 e. The molecule has 2 N–H and O–H groups in total. The van der Waals surface area contributed by atoms with E-state index in [1.807, 2.05) is 18.2 Å². The molecule has 1 saturated carbocycles. The number of anilines is 1. The van der Waals surface area contributed by atoms with Crippen LogP contribution in [0.3, 0.4) is 0 Å². The van der Waals surface area contributed by atoms with Gasteiger partial charge in [-0.25, -0.2) is 0 Å². The molecule has 0 radical (unpaired) electrons. The summed E-state index contributed by atoms with van der Waals surface area (Å²) in [5.41, 5.74) is 1.44. The number of carbonyl (C=O) groups excluding carboxylic acids is 1. The van der Waals surface area contributed by atoms with E-state index in [2.05, 4.69) is 21.6 Å². The van der Waals surface area contributed by atoms with E-state index < -0.39 is 0 Å². The second-order valence-electron chi connectivity index (χ2n) is 7.84. The summed E-state index contributed by atoms with van der Waals surface area (Å²) in [4.78, 5) is 15.0. The fourth-order valence-electron chi connectivity index (χ4n) is 4.59. The van der Waals surface area contributed by atoms with Crippen molar-refractivity contribution in [1.29, 1.82) is 0 Å². The number of nitrogens with zero attached hydrogens (tertiary/aromatic N) is 1. The topological polar surface area (TPSA) is 53.6 Å². The van der Waals surface area contributed by atoms with Crippen LogP contribution < -0.4 is 15.4 Å². The summed E-state index contributed by atoms with van der Waals surface area (Å²) in [7, 11) is 1.69. The highest BCUT2D eigenvalue weighted by atomic mass is 16.5. The Balaban J connectivity index is 1.27. The molecule has 1 aromatic carbocycles. The molecule has 1 aliphatic carbocycles. The van der Waals surface area contributed by atoms with E-state index in [1.54, 1.807) is 7.11 Å². The maximum Gasteiger partial charge on any atom is 0.226 e. The second-order valence-corrected chi connectivity index (χ2v) is 7.84. The highest BCUT2D eigenvalue weighted by Gasteiger charge is 2.58. The molecule has 1 atom stereocenters. The molecule has 136 valence electrons. The van der Waals surface area contributed by atoms with Crippen LogP contribution in [0.5, 0.6) is 5.75 Å². The maximum absolute atomic E-state index is 12.9. The molecule has 3 aliphatic rings. The minimum absolute atomic E-state index is 0.303. The number of ether oxygens (including phenoxy) is 1. The van der Waals surface area contributed by atoms with Crippen LogP contribution in [0.15, 0.2) is 24.3 Å². The fraction of sp³-hybridized carbons (Fsp3) is 0.650. The van der Waals surface area contributed by atoms with Crippen molar-refractivity contribution in [2.24, 2.45) is 11.3 Å². The number of benzene rings is 1. The zero-order chi connectivity index (χ0) is 17.3.